The zero-order valence-electron chi connectivity index (χ0n) is 14.6. The second kappa shape index (κ2) is 8.54. The van der Waals surface area contributed by atoms with Gasteiger partial charge in [-0.25, -0.2) is 0 Å². The first-order valence-corrected chi connectivity index (χ1v) is 9.60. The van der Waals surface area contributed by atoms with Crippen molar-refractivity contribution in [3.8, 4) is 5.75 Å². The van der Waals surface area contributed by atoms with Crippen LogP contribution < -0.4 is 10.1 Å². The number of alkyl halides is 1. The Morgan fingerprint density at radius 3 is 2.77 bits per heavy atom. The molecule has 2 heterocycles. The molecule has 1 N–H and O–H groups in total. The van der Waals surface area contributed by atoms with Crippen molar-refractivity contribution in [2.45, 2.75) is 44.6 Å². The van der Waals surface area contributed by atoms with Gasteiger partial charge >= 0.3 is 0 Å². The number of benzene rings is 1. The topological polar surface area (TPSA) is 75.7 Å². The molecular weight excluding hydrogens is 356 g/mol. The number of carbonyl (C=O) groups is 3. The molecule has 2 aliphatic heterocycles. The first-order valence-electron chi connectivity index (χ1n) is 9.06. The molecule has 3 rings (SSSR count). The number of unbranched alkanes of at least 4 members (excludes halogenated alkanes) is 2. The lowest BCUT2D eigenvalue weighted by molar-refractivity contribution is -0.136. The van der Waals surface area contributed by atoms with Crippen molar-refractivity contribution in [1.82, 2.24) is 10.2 Å². The molecule has 6 nitrogen and oxygen atoms in total. The molecule has 0 spiro atoms. The van der Waals surface area contributed by atoms with E-state index in [1.54, 1.807) is 17.0 Å². The van der Waals surface area contributed by atoms with Gasteiger partial charge in [-0.1, -0.05) is 0 Å². The van der Waals surface area contributed by atoms with E-state index in [1.807, 2.05) is 6.07 Å². The van der Waals surface area contributed by atoms with Crippen molar-refractivity contribution in [1.29, 1.82) is 0 Å². The summed E-state index contributed by atoms with van der Waals surface area (Å²) in [5.74, 6) is 0.621. The lowest BCUT2D eigenvalue weighted by atomic mass is 9.95. The minimum absolute atomic E-state index is 0.158. The largest absolute Gasteiger partial charge is 0.494 e. The van der Waals surface area contributed by atoms with Gasteiger partial charge in [-0.3, -0.25) is 19.7 Å². The summed E-state index contributed by atoms with van der Waals surface area (Å²) in [6.07, 6.45) is 4.29. The third kappa shape index (κ3) is 4.18. The standard InChI is InChI=1S/C19H23ClN2O4/c20-9-2-1-3-11-26-14-4-5-15-13(12-14)8-10-22(19(15)25)16-6-7-17(23)21-18(16)24/h4-5,12,16H,1-3,6-11H2,(H,21,23,24). The van der Waals surface area contributed by atoms with Crippen molar-refractivity contribution in [2.75, 3.05) is 19.0 Å². The quantitative estimate of drug-likeness (QED) is 0.448. The van der Waals surface area contributed by atoms with Crippen LogP contribution in [0.15, 0.2) is 18.2 Å². The maximum atomic E-state index is 12.8. The van der Waals surface area contributed by atoms with E-state index in [1.165, 1.54) is 0 Å². The molecule has 0 radical (unpaired) electrons. The fraction of sp³-hybridized carbons (Fsp3) is 0.526. The van der Waals surface area contributed by atoms with E-state index in [2.05, 4.69) is 5.32 Å². The summed E-state index contributed by atoms with van der Waals surface area (Å²) in [5, 5.41) is 2.32. The van der Waals surface area contributed by atoms with Crippen LogP contribution in [0, 0.1) is 0 Å². The molecule has 7 heteroatoms. The first-order chi connectivity index (χ1) is 12.6. The zero-order chi connectivity index (χ0) is 18.5. The molecule has 1 atom stereocenters. The molecule has 1 saturated heterocycles. The van der Waals surface area contributed by atoms with E-state index < -0.39 is 6.04 Å². The average Bonchev–Trinajstić information content (AvgIpc) is 2.63. The van der Waals surface area contributed by atoms with Gasteiger partial charge in [0.15, 0.2) is 0 Å². The number of fused-ring (bicyclic) bond motifs is 1. The Labute approximate surface area is 157 Å². The normalized spacial score (nSPS) is 20.0. The molecule has 26 heavy (non-hydrogen) atoms. The van der Waals surface area contributed by atoms with Crippen LogP contribution in [0.2, 0.25) is 0 Å². The van der Waals surface area contributed by atoms with Gasteiger partial charge in [-0.05, 0) is 55.9 Å². The highest BCUT2D eigenvalue weighted by Crippen LogP contribution is 2.27. The van der Waals surface area contributed by atoms with Gasteiger partial charge in [0.25, 0.3) is 5.91 Å². The number of amides is 3. The molecule has 0 saturated carbocycles. The van der Waals surface area contributed by atoms with Crippen molar-refractivity contribution in [2.24, 2.45) is 0 Å². The summed E-state index contributed by atoms with van der Waals surface area (Å²) in [4.78, 5) is 37.7. The number of piperidine rings is 1. The molecule has 0 aliphatic carbocycles. The Morgan fingerprint density at radius 2 is 2.00 bits per heavy atom. The van der Waals surface area contributed by atoms with E-state index in [-0.39, 0.29) is 24.1 Å². The SMILES string of the molecule is O=C1CCC(N2CCc3cc(OCCCCCCl)ccc3C2=O)C(=O)N1. The van der Waals surface area contributed by atoms with E-state index in [9.17, 15) is 14.4 Å². The van der Waals surface area contributed by atoms with Crippen LogP contribution >= 0.6 is 11.6 Å². The highest BCUT2D eigenvalue weighted by Gasteiger charge is 2.37. The van der Waals surface area contributed by atoms with Crippen LogP contribution in [0.5, 0.6) is 5.75 Å². The molecule has 0 bridgehead atoms. The minimum Gasteiger partial charge on any atom is -0.494 e. The van der Waals surface area contributed by atoms with Gasteiger partial charge < -0.3 is 9.64 Å². The zero-order valence-corrected chi connectivity index (χ0v) is 15.4. The predicted octanol–water partition coefficient (Wildman–Crippen LogP) is 2.28. The monoisotopic (exact) mass is 378 g/mol. The number of rotatable bonds is 7. The van der Waals surface area contributed by atoms with E-state index >= 15 is 0 Å². The Balaban J connectivity index is 1.63. The third-order valence-electron chi connectivity index (χ3n) is 4.82. The number of nitrogens with one attached hydrogen (secondary N) is 1. The average molecular weight is 379 g/mol. The second-order valence-electron chi connectivity index (χ2n) is 6.63. The van der Waals surface area contributed by atoms with Crippen molar-refractivity contribution in [3.05, 3.63) is 29.3 Å². The highest BCUT2D eigenvalue weighted by atomic mass is 35.5. The lowest BCUT2D eigenvalue weighted by Gasteiger charge is -2.36. The number of hydrogen-bond donors (Lipinski definition) is 1. The van der Waals surface area contributed by atoms with E-state index in [0.29, 0.717) is 37.4 Å². The van der Waals surface area contributed by atoms with Crippen molar-refractivity contribution in [3.63, 3.8) is 0 Å². The van der Waals surface area contributed by atoms with Gasteiger partial charge in [0.1, 0.15) is 11.8 Å². The fourth-order valence-corrected chi connectivity index (χ4v) is 3.60. The Kier molecular flexibility index (Phi) is 6.14. The van der Waals surface area contributed by atoms with Crippen LogP contribution in [0.25, 0.3) is 0 Å². The molecule has 1 unspecified atom stereocenters. The van der Waals surface area contributed by atoms with Gasteiger partial charge in [0.2, 0.25) is 11.8 Å². The van der Waals surface area contributed by atoms with E-state index in [4.69, 9.17) is 16.3 Å². The molecule has 0 aromatic heterocycles. The van der Waals surface area contributed by atoms with Crippen molar-refractivity contribution >= 4 is 29.3 Å². The molecule has 1 aromatic rings. The summed E-state index contributed by atoms with van der Waals surface area (Å²) < 4.78 is 5.76. The number of ether oxygens (including phenoxy) is 1. The van der Waals surface area contributed by atoms with Gasteiger partial charge in [0.05, 0.1) is 6.61 Å². The minimum atomic E-state index is -0.564. The second-order valence-corrected chi connectivity index (χ2v) is 7.01. The molecule has 140 valence electrons. The summed E-state index contributed by atoms with van der Waals surface area (Å²) in [6.45, 7) is 1.10. The summed E-state index contributed by atoms with van der Waals surface area (Å²) in [6, 6.07) is 4.92. The molecule has 1 fully saturated rings. The van der Waals surface area contributed by atoms with Crippen LogP contribution in [0.1, 0.15) is 48.0 Å². The van der Waals surface area contributed by atoms with Crippen LogP contribution in [-0.2, 0) is 16.0 Å². The Morgan fingerprint density at radius 1 is 1.15 bits per heavy atom. The summed E-state index contributed by atoms with van der Waals surface area (Å²) in [5.41, 5.74) is 1.55. The van der Waals surface area contributed by atoms with E-state index in [0.717, 1.165) is 30.6 Å². The first kappa shape index (κ1) is 18.7. The smallest absolute Gasteiger partial charge is 0.254 e. The highest BCUT2D eigenvalue weighted by molar-refractivity contribution is 6.17. The Hall–Kier alpha value is -2.08. The van der Waals surface area contributed by atoms with Crippen molar-refractivity contribution < 1.29 is 19.1 Å². The molecular formula is C19H23ClN2O4. The molecule has 1 aromatic carbocycles. The summed E-state index contributed by atoms with van der Waals surface area (Å²) >= 11 is 5.66. The maximum Gasteiger partial charge on any atom is 0.254 e. The number of carbonyl (C=O) groups excluding carboxylic acids is 3. The van der Waals surface area contributed by atoms with Gasteiger partial charge in [0, 0.05) is 24.4 Å². The molecule has 2 aliphatic rings. The van der Waals surface area contributed by atoms with Crippen LogP contribution in [0.3, 0.4) is 0 Å². The number of imide groups is 1. The summed E-state index contributed by atoms with van der Waals surface area (Å²) in [7, 11) is 0. The maximum absolute atomic E-state index is 12.8. The number of halogens is 1. The van der Waals surface area contributed by atoms with Gasteiger partial charge in [-0.15, -0.1) is 11.6 Å². The van der Waals surface area contributed by atoms with Crippen LogP contribution in [0.4, 0.5) is 0 Å². The van der Waals surface area contributed by atoms with Gasteiger partial charge in [-0.2, -0.15) is 0 Å². The third-order valence-corrected chi connectivity index (χ3v) is 5.09. The predicted molar refractivity (Wildman–Crippen MR) is 97.4 cm³/mol. The Bertz CT molecular complexity index is 707. The number of hydrogen-bond acceptors (Lipinski definition) is 4. The number of nitrogens with zero attached hydrogens (tertiary/aromatic N) is 1. The lowest BCUT2D eigenvalue weighted by Crippen LogP contribution is -2.55. The fourth-order valence-electron chi connectivity index (χ4n) is 3.41. The van der Waals surface area contributed by atoms with Crippen LogP contribution in [-0.4, -0.2) is 47.7 Å². The molecule has 3 amide bonds.